The van der Waals surface area contributed by atoms with E-state index < -0.39 is 0 Å². The molecule has 0 bridgehead atoms. The third kappa shape index (κ3) is 1.34. The van der Waals surface area contributed by atoms with E-state index in [2.05, 4.69) is 4.98 Å². The Balaban J connectivity index is 3.46. The van der Waals surface area contributed by atoms with Crippen LogP contribution in [-0.2, 0) is 0 Å². The van der Waals surface area contributed by atoms with Crippen LogP contribution in [-0.4, -0.2) is 4.98 Å². The fourth-order valence-corrected chi connectivity index (χ4v) is 1.06. The monoisotopic (exact) mass is 191 g/mol. The van der Waals surface area contributed by atoms with E-state index in [0.717, 1.165) is 0 Å². The maximum atomic E-state index is 5.72. The molecule has 0 aromatic carbocycles. The van der Waals surface area contributed by atoms with Crippen LogP contribution in [0.25, 0.3) is 0 Å². The molecular formula is C6H7Cl2N3. The number of nitrogen functional groups attached to an aromatic ring is 2. The number of halogens is 2. The summed E-state index contributed by atoms with van der Waals surface area (Å²) < 4.78 is 0. The van der Waals surface area contributed by atoms with Crippen LogP contribution in [0.2, 0.25) is 10.2 Å². The van der Waals surface area contributed by atoms with Crippen molar-refractivity contribution >= 4 is 34.7 Å². The average molecular weight is 192 g/mol. The van der Waals surface area contributed by atoms with Crippen LogP contribution in [0.4, 0.5) is 11.5 Å². The average Bonchev–Trinajstić information content (AvgIpc) is 1.97. The maximum absolute atomic E-state index is 5.72. The number of aromatic nitrogens is 1. The summed E-state index contributed by atoms with van der Waals surface area (Å²) in [6.07, 6.45) is 0. The lowest BCUT2D eigenvalue weighted by molar-refractivity contribution is 1.30. The summed E-state index contributed by atoms with van der Waals surface area (Å²) in [6, 6.07) is 0. The van der Waals surface area contributed by atoms with Crippen molar-refractivity contribution in [3.05, 3.63) is 15.7 Å². The second-order valence-corrected chi connectivity index (χ2v) is 2.88. The minimum Gasteiger partial charge on any atom is -0.395 e. The van der Waals surface area contributed by atoms with E-state index in [4.69, 9.17) is 34.7 Å². The third-order valence-electron chi connectivity index (χ3n) is 1.41. The molecule has 0 atom stereocenters. The molecule has 0 saturated carbocycles. The van der Waals surface area contributed by atoms with Crippen LogP contribution < -0.4 is 11.5 Å². The first-order valence-electron chi connectivity index (χ1n) is 2.90. The van der Waals surface area contributed by atoms with Gasteiger partial charge in [0.1, 0.15) is 11.0 Å². The Morgan fingerprint density at radius 1 is 1.27 bits per heavy atom. The van der Waals surface area contributed by atoms with Crippen molar-refractivity contribution in [2.45, 2.75) is 6.92 Å². The second kappa shape index (κ2) is 2.75. The molecule has 4 N–H and O–H groups in total. The Morgan fingerprint density at radius 2 is 1.82 bits per heavy atom. The van der Waals surface area contributed by atoms with Gasteiger partial charge >= 0.3 is 0 Å². The molecule has 0 saturated heterocycles. The number of rotatable bonds is 0. The largest absolute Gasteiger partial charge is 0.395 e. The van der Waals surface area contributed by atoms with E-state index in [1.807, 2.05) is 0 Å². The van der Waals surface area contributed by atoms with Crippen LogP contribution in [0, 0.1) is 6.92 Å². The zero-order valence-corrected chi connectivity index (χ0v) is 7.37. The van der Waals surface area contributed by atoms with E-state index in [1.165, 1.54) is 0 Å². The van der Waals surface area contributed by atoms with Crippen LogP contribution in [0.1, 0.15) is 5.56 Å². The van der Waals surface area contributed by atoms with Gasteiger partial charge in [-0.15, -0.1) is 0 Å². The van der Waals surface area contributed by atoms with Crippen LogP contribution in [0.15, 0.2) is 0 Å². The zero-order chi connectivity index (χ0) is 8.59. The van der Waals surface area contributed by atoms with E-state index in [-0.39, 0.29) is 11.0 Å². The number of nitrogens with zero attached hydrogens (tertiary/aromatic N) is 1. The van der Waals surface area contributed by atoms with Gasteiger partial charge in [-0.25, -0.2) is 4.98 Å². The third-order valence-corrected chi connectivity index (χ3v) is 2.24. The topological polar surface area (TPSA) is 64.9 Å². The first-order valence-corrected chi connectivity index (χ1v) is 3.66. The fourth-order valence-electron chi connectivity index (χ4n) is 0.680. The van der Waals surface area contributed by atoms with Gasteiger partial charge in [-0.1, -0.05) is 23.2 Å². The van der Waals surface area contributed by atoms with E-state index in [1.54, 1.807) is 6.92 Å². The normalized spacial score (nSPS) is 10.1. The summed E-state index contributed by atoms with van der Waals surface area (Å²) in [4.78, 5) is 3.72. The molecule has 1 aromatic heterocycles. The molecule has 0 amide bonds. The Kier molecular flexibility index (Phi) is 2.11. The van der Waals surface area contributed by atoms with Crippen LogP contribution in [0.5, 0.6) is 0 Å². The molecule has 0 aliphatic carbocycles. The molecule has 0 radical (unpaired) electrons. The standard InChI is InChI=1S/C6H7Cl2N3/c1-2-3(7)5(8)11-6(10)4(2)9/h9H2,1H3,(H2,10,11). The highest BCUT2D eigenvalue weighted by Gasteiger charge is 2.08. The molecular weight excluding hydrogens is 185 g/mol. The summed E-state index contributed by atoms with van der Waals surface area (Å²) in [6.45, 7) is 1.74. The molecule has 3 nitrogen and oxygen atoms in total. The van der Waals surface area contributed by atoms with Crippen molar-refractivity contribution in [3.63, 3.8) is 0 Å². The maximum Gasteiger partial charge on any atom is 0.150 e. The highest BCUT2D eigenvalue weighted by molar-refractivity contribution is 6.42. The number of anilines is 2. The van der Waals surface area contributed by atoms with Gasteiger partial charge < -0.3 is 11.5 Å². The fraction of sp³-hybridized carbons (Fsp3) is 0.167. The van der Waals surface area contributed by atoms with Crippen LogP contribution >= 0.6 is 23.2 Å². The predicted molar refractivity (Wildman–Crippen MR) is 47.8 cm³/mol. The summed E-state index contributed by atoms with van der Waals surface area (Å²) in [5, 5.41) is 0.550. The van der Waals surface area contributed by atoms with Gasteiger partial charge in [-0.3, -0.25) is 0 Å². The van der Waals surface area contributed by atoms with Gasteiger partial charge in [0.05, 0.1) is 10.7 Å². The zero-order valence-electron chi connectivity index (χ0n) is 5.86. The van der Waals surface area contributed by atoms with Crippen molar-refractivity contribution in [2.24, 2.45) is 0 Å². The van der Waals surface area contributed by atoms with E-state index >= 15 is 0 Å². The first-order chi connectivity index (χ1) is 5.04. The second-order valence-electron chi connectivity index (χ2n) is 2.14. The number of pyridine rings is 1. The SMILES string of the molecule is Cc1c(N)c(N)nc(Cl)c1Cl. The molecule has 0 aliphatic heterocycles. The molecule has 11 heavy (non-hydrogen) atoms. The highest BCUT2D eigenvalue weighted by atomic mass is 35.5. The molecule has 0 unspecified atom stereocenters. The smallest absolute Gasteiger partial charge is 0.150 e. The molecule has 5 heteroatoms. The summed E-state index contributed by atoms with van der Waals surface area (Å²) in [7, 11) is 0. The van der Waals surface area contributed by atoms with Gasteiger partial charge in [0.15, 0.2) is 0 Å². The number of hydrogen-bond acceptors (Lipinski definition) is 3. The number of hydrogen-bond donors (Lipinski definition) is 2. The minimum atomic E-state index is 0.191. The molecule has 0 fully saturated rings. The molecule has 1 rings (SSSR count). The van der Waals surface area contributed by atoms with Crippen molar-refractivity contribution in [2.75, 3.05) is 11.5 Å². The Hall–Kier alpha value is -0.670. The van der Waals surface area contributed by atoms with Crippen LogP contribution in [0.3, 0.4) is 0 Å². The first kappa shape index (κ1) is 8.43. The van der Waals surface area contributed by atoms with Gasteiger partial charge in [0, 0.05) is 0 Å². The van der Waals surface area contributed by atoms with E-state index in [9.17, 15) is 0 Å². The minimum absolute atomic E-state index is 0.191. The van der Waals surface area contributed by atoms with Gasteiger partial charge in [0.2, 0.25) is 0 Å². The van der Waals surface area contributed by atoms with Crippen molar-refractivity contribution in [3.8, 4) is 0 Å². The molecule has 1 heterocycles. The lowest BCUT2D eigenvalue weighted by Crippen LogP contribution is -2.01. The van der Waals surface area contributed by atoms with Crippen molar-refractivity contribution in [1.29, 1.82) is 0 Å². The lowest BCUT2D eigenvalue weighted by atomic mass is 10.2. The van der Waals surface area contributed by atoms with Gasteiger partial charge in [-0.2, -0.15) is 0 Å². The summed E-state index contributed by atoms with van der Waals surface area (Å²) >= 11 is 11.3. The molecule has 1 aromatic rings. The summed E-state index contributed by atoms with van der Waals surface area (Å²) in [5.74, 6) is 0.219. The number of nitrogens with two attached hydrogens (primary N) is 2. The lowest BCUT2D eigenvalue weighted by Gasteiger charge is -2.05. The predicted octanol–water partition coefficient (Wildman–Crippen LogP) is 1.86. The Labute approximate surface area is 74.3 Å². The quantitative estimate of drug-likeness (QED) is 0.616. The molecule has 0 aliphatic rings. The Bertz CT molecular complexity index is 272. The highest BCUT2D eigenvalue weighted by Crippen LogP contribution is 2.30. The van der Waals surface area contributed by atoms with Crippen molar-refractivity contribution < 1.29 is 0 Å². The van der Waals surface area contributed by atoms with Gasteiger partial charge in [0.25, 0.3) is 0 Å². The molecule has 0 spiro atoms. The van der Waals surface area contributed by atoms with E-state index in [0.29, 0.717) is 16.3 Å². The molecule has 60 valence electrons. The summed E-state index contributed by atoms with van der Waals surface area (Å²) in [5.41, 5.74) is 12.0. The Morgan fingerprint density at radius 3 is 2.36 bits per heavy atom. The van der Waals surface area contributed by atoms with Gasteiger partial charge in [-0.05, 0) is 12.5 Å². The van der Waals surface area contributed by atoms with Crippen molar-refractivity contribution in [1.82, 2.24) is 4.98 Å².